The lowest BCUT2D eigenvalue weighted by molar-refractivity contribution is 0.0601. The first-order valence-electron chi connectivity index (χ1n) is 6.18. The number of anilines is 2. The van der Waals surface area contributed by atoms with E-state index in [1.54, 1.807) is 6.07 Å². The monoisotopic (exact) mass is 251 g/mol. The molecule has 0 radical (unpaired) electrons. The highest BCUT2D eigenvalue weighted by molar-refractivity contribution is 5.95. The average Bonchev–Trinajstić information content (AvgIpc) is 2.37. The molecule has 5 nitrogen and oxygen atoms in total. The van der Waals surface area contributed by atoms with E-state index in [2.05, 4.69) is 24.1 Å². The molecule has 3 N–H and O–H groups in total. The van der Waals surface area contributed by atoms with Gasteiger partial charge in [-0.1, -0.05) is 19.8 Å². The van der Waals surface area contributed by atoms with E-state index >= 15 is 0 Å². The summed E-state index contributed by atoms with van der Waals surface area (Å²) in [6.45, 7) is 4.21. The van der Waals surface area contributed by atoms with E-state index in [1.165, 1.54) is 13.3 Å². The number of esters is 1. The second-order valence-corrected chi connectivity index (χ2v) is 4.34. The molecular formula is C13H21N3O2. The number of carbonyl (C=O) groups is 1. The number of nitrogens with one attached hydrogen (secondary N) is 1. The van der Waals surface area contributed by atoms with Crippen molar-refractivity contribution in [1.29, 1.82) is 0 Å². The Morgan fingerprint density at radius 1 is 1.61 bits per heavy atom. The van der Waals surface area contributed by atoms with Gasteiger partial charge in [0.2, 0.25) is 0 Å². The van der Waals surface area contributed by atoms with Crippen LogP contribution < -0.4 is 11.1 Å². The highest BCUT2D eigenvalue weighted by Crippen LogP contribution is 2.18. The minimum atomic E-state index is -0.431. The minimum Gasteiger partial charge on any atom is -0.465 e. The Kier molecular flexibility index (Phi) is 5.42. The number of ether oxygens (including phenoxy) is 1. The zero-order valence-corrected chi connectivity index (χ0v) is 11.2. The van der Waals surface area contributed by atoms with Crippen LogP contribution in [-0.2, 0) is 4.74 Å². The molecule has 100 valence electrons. The van der Waals surface area contributed by atoms with E-state index in [9.17, 15) is 4.79 Å². The molecule has 0 aliphatic carbocycles. The summed E-state index contributed by atoms with van der Waals surface area (Å²) in [6, 6.07) is 1.83. The van der Waals surface area contributed by atoms with Gasteiger partial charge in [-0.15, -0.1) is 0 Å². The number of nitrogen functional groups attached to an aromatic ring is 1. The molecule has 0 saturated heterocycles. The first-order chi connectivity index (χ1) is 8.58. The van der Waals surface area contributed by atoms with Crippen LogP contribution in [0, 0.1) is 0 Å². The molecule has 5 heteroatoms. The molecule has 0 aromatic carbocycles. The Balaban J connectivity index is 2.84. The lowest BCUT2D eigenvalue weighted by Gasteiger charge is -2.16. The fourth-order valence-electron chi connectivity index (χ4n) is 1.68. The van der Waals surface area contributed by atoms with Gasteiger partial charge in [-0.25, -0.2) is 9.78 Å². The van der Waals surface area contributed by atoms with Crippen molar-refractivity contribution in [3.8, 4) is 0 Å². The highest BCUT2D eigenvalue weighted by Gasteiger charge is 2.15. The Hall–Kier alpha value is -1.78. The number of nitrogens with two attached hydrogens (primary N) is 1. The van der Waals surface area contributed by atoms with E-state index in [1.807, 2.05) is 0 Å². The maximum absolute atomic E-state index is 11.6. The van der Waals surface area contributed by atoms with Gasteiger partial charge in [-0.05, 0) is 19.4 Å². The maximum Gasteiger partial charge on any atom is 0.341 e. The van der Waals surface area contributed by atoms with Gasteiger partial charge in [-0.2, -0.15) is 0 Å². The number of hydrogen-bond donors (Lipinski definition) is 2. The second kappa shape index (κ2) is 6.83. The fourth-order valence-corrected chi connectivity index (χ4v) is 1.68. The topological polar surface area (TPSA) is 77.2 Å². The molecular weight excluding hydrogens is 230 g/mol. The number of methoxy groups -OCH3 is 1. The van der Waals surface area contributed by atoms with Crippen molar-refractivity contribution in [3.05, 3.63) is 17.8 Å². The van der Waals surface area contributed by atoms with Crippen LogP contribution in [0.25, 0.3) is 0 Å². The standard InChI is InChI=1S/C13H21N3O2/c1-4-5-6-9(2)16-12-11(13(17)18-3)7-10(14)8-15-12/h7-9H,4-6,14H2,1-3H3,(H,15,16). The van der Waals surface area contributed by atoms with Crippen molar-refractivity contribution in [3.63, 3.8) is 0 Å². The van der Waals surface area contributed by atoms with Gasteiger partial charge in [0.15, 0.2) is 0 Å². The number of aromatic nitrogens is 1. The van der Waals surface area contributed by atoms with Crippen LogP contribution in [0.3, 0.4) is 0 Å². The van der Waals surface area contributed by atoms with Gasteiger partial charge in [0, 0.05) is 6.04 Å². The average molecular weight is 251 g/mol. The van der Waals surface area contributed by atoms with Crippen molar-refractivity contribution in [2.24, 2.45) is 0 Å². The summed E-state index contributed by atoms with van der Waals surface area (Å²) in [4.78, 5) is 15.8. The predicted octanol–water partition coefficient (Wildman–Crippen LogP) is 2.44. The summed E-state index contributed by atoms with van der Waals surface area (Å²) >= 11 is 0. The number of unbranched alkanes of at least 4 members (excludes halogenated alkanes) is 1. The summed E-state index contributed by atoms with van der Waals surface area (Å²) in [5.41, 5.74) is 6.46. The molecule has 1 atom stereocenters. The van der Waals surface area contributed by atoms with E-state index in [4.69, 9.17) is 10.5 Å². The molecule has 0 spiro atoms. The molecule has 0 aliphatic heterocycles. The zero-order chi connectivity index (χ0) is 13.5. The van der Waals surface area contributed by atoms with Crippen LogP contribution in [0.5, 0.6) is 0 Å². The quantitative estimate of drug-likeness (QED) is 0.759. The number of rotatable bonds is 6. The predicted molar refractivity (Wildman–Crippen MR) is 72.6 cm³/mol. The molecule has 18 heavy (non-hydrogen) atoms. The lowest BCUT2D eigenvalue weighted by atomic mass is 10.1. The van der Waals surface area contributed by atoms with Gasteiger partial charge in [-0.3, -0.25) is 0 Å². The van der Waals surface area contributed by atoms with Gasteiger partial charge in [0.1, 0.15) is 11.4 Å². The lowest BCUT2D eigenvalue weighted by Crippen LogP contribution is -2.19. The Morgan fingerprint density at radius 3 is 2.94 bits per heavy atom. The van der Waals surface area contributed by atoms with Crippen LogP contribution in [-0.4, -0.2) is 24.1 Å². The zero-order valence-electron chi connectivity index (χ0n) is 11.2. The van der Waals surface area contributed by atoms with Gasteiger partial charge < -0.3 is 15.8 Å². The molecule has 0 fully saturated rings. The number of hydrogen-bond acceptors (Lipinski definition) is 5. The van der Waals surface area contributed by atoms with Crippen LogP contribution in [0.15, 0.2) is 12.3 Å². The Labute approximate surface area is 108 Å². The third-order valence-corrected chi connectivity index (χ3v) is 2.69. The van der Waals surface area contributed by atoms with E-state index in [-0.39, 0.29) is 6.04 Å². The Bertz CT molecular complexity index is 407. The molecule has 0 saturated carbocycles. The third kappa shape index (κ3) is 3.91. The molecule has 1 rings (SSSR count). The summed E-state index contributed by atoms with van der Waals surface area (Å²) in [5, 5.41) is 3.22. The van der Waals surface area contributed by atoms with Crippen molar-refractivity contribution in [2.45, 2.75) is 39.2 Å². The normalized spacial score (nSPS) is 11.9. The van der Waals surface area contributed by atoms with Crippen LogP contribution in [0.4, 0.5) is 11.5 Å². The highest BCUT2D eigenvalue weighted by atomic mass is 16.5. The summed E-state index contributed by atoms with van der Waals surface area (Å²) in [7, 11) is 1.34. The summed E-state index contributed by atoms with van der Waals surface area (Å²) in [6.07, 6.45) is 4.84. The Morgan fingerprint density at radius 2 is 2.33 bits per heavy atom. The maximum atomic E-state index is 11.6. The molecule has 0 bridgehead atoms. The fraction of sp³-hybridized carbons (Fsp3) is 0.538. The molecule has 0 aliphatic rings. The second-order valence-electron chi connectivity index (χ2n) is 4.34. The first kappa shape index (κ1) is 14.3. The number of carbonyl (C=O) groups excluding carboxylic acids is 1. The molecule has 1 aromatic rings. The number of nitrogens with zero attached hydrogens (tertiary/aromatic N) is 1. The van der Waals surface area contributed by atoms with E-state index < -0.39 is 5.97 Å². The largest absolute Gasteiger partial charge is 0.465 e. The minimum absolute atomic E-state index is 0.254. The third-order valence-electron chi connectivity index (χ3n) is 2.69. The van der Waals surface area contributed by atoms with Crippen LogP contribution in [0.2, 0.25) is 0 Å². The van der Waals surface area contributed by atoms with Gasteiger partial charge >= 0.3 is 5.97 Å². The molecule has 1 aromatic heterocycles. The SMILES string of the molecule is CCCCC(C)Nc1ncc(N)cc1C(=O)OC. The van der Waals surface area contributed by atoms with E-state index in [0.29, 0.717) is 17.1 Å². The van der Waals surface area contributed by atoms with Crippen molar-refractivity contribution >= 4 is 17.5 Å². The van der Waals surface area contributed by atoms with Crippen molar-refractivity contribution in [1.82, 2.24) is 4.98 Å². The number of pyridine rings is 1. The van der Waals surface area contributed by atoms with Crippen LogP contribution in [0.1, 0.15) is 43.5 Å². The van der Waals surface area contributed by atoms with Gasteiger partial charge in [0.25, 0.3) is 0 Å². The van der Waals surface area contributed by atoms with Gasteiger partial charge in [0.05, 0.1) is 19.0 Å². The van der Waals surface area contributed by atoms with Crippen molar-refractivity contribution < 1.29 is 9.53 Å². The first-order valence-corrected chi connectivity index (χ1v) is 6.18. The molecule has 0 amide bonds. The van der Waals surface area contributed by atoms with Crippen LogP contribution >= 0.6 is 0 Å². The molecule has 1 heterocycles. The molecule has 1 unspecified atom stereocenters. The summed E-state index contributed by atoms with van der Waals surface area (Å²) < 4.78 is 4.72. The smallest absolute Gasteiger partial charge is 0.341 e. The van der Waals surface area contributed by atoms with Crippen molar-refractivity contribution in [2.75, 3.05) is 18.2 Å². The van der Waals surface area contributed by atoms with E-state index in [0.717, 1.165) is 19.3 Å². The summed E-state index contributed by atoms with van der Waals surface area (Å²) in [5.74, 6) is 0.0969.